The summed E-state index contributed by atoms with van der Waals surface area (Å²) >= 11 is 10.9. The summed E-state index contributed by atoms with van der Waals surface area (Å²) in [4.78, 5) is 11.5. The van der Waals surface area contributed by atoms with Gasteiger partial charge in [-0.3, -0.25) is 4.79 Å². The maximum atomic E-state index is 12.4. The molecule has 0 aromatic heterocycles. The lowest BCUT2D eigenvalue weighted by Gasteiger charge is -2.09. The molecule has 0 amide bonds. The predicted octanol–water partition coefficient (Wildman–Crippen LogP) is 4.56. The largest absolute Gasteiger partial charge is 0.417 e. The Hall–Kier alpha value is -0.740. The van der Waals surface area contributed by atoms with Gasteiger partial charge < -0.3 is 0 Å². The van der Waals surface area contributed by atoms with E-state index in [0.717, 1.165) is 18.2 Å². The molecule has 0 saturated heterocycles. The highest BCUT2D eigenvalue weighted by atomic mass is 35.5. The number of halogens is 5. The Labute approximate surface area is 107 Å². The van der Waals surface area contributed by atoms with Crippen LogP contribution >= 0.6 is 23.2 Å². The fourth-order valence-corrected chi connectivity index (χ4v) is 1.71. The highest BCUT2D eigenvalue weighted by Gasteiger charge is 2.33. The summed E-state index contributed by atoms with van der Waals surface area (Å²) in [5.74, 6) is 0.0707. The second kappa shape index (κ2) is 5.74. The molecule has 0 aliphatic rings. The SMILES string of the molecule is O=C(CCCCl)c1ccc(C(F)(F)F)c(Cl)c1. The van der Waals surface area contributed by atoms with Crippen LogP contribution in [0.15, 0.2) is 18.2 Å². The summed E-state index contributed by atoms with van der Waals surface area (Å²) in [7, 11) is 0. The van der Waals surface area contributed by atoms with Crippen LogP contribution in [0.5, 0.6) is 0 Å². The lowest BCUT2D eigenvalue weighted by Crippen LogP contribution is -2.07. The van der Waals surface area contributed by atoms with Gasteiger partial charge in [-0.05, 0) is 18.6 Å². The number of carbonyl (C=O) groups excluding carboxylic acids is 1. The molecular weight excluding hydrogens is 276 g/mol. The Morgan fingerprint density at radius 1 is 1.29 bits per heavy atom. The van der Waals surface area contributed by atoms with E-state index in [1.807, 2.05) is 0 Å². The van der Waals surface area contributed by atoms with Crippen molar-refractivity contribution in [2.24, 2.45) is 0 Å². The number of hydrogen-bond acceptors (Lipinski definition) is 1. The Kier molecular flexibility index (Phi) is 4.83. The molecule has 1 aromatic carbocycles. The van der Waals surface area contributed by atoms with Crippen molar-refractivity contribution >= 4 is 29.0 Å². The van der Waals surface area contributed by atoms with Crippen LogP contribution in [0.25, 0.3) is 0 Å². The van der Waals surface area contributed by atoms with Crippen LogP contribution < -0.4 is 0 Å². The smallest absolute Gasteiger partial charge is 0.294 e. The van der Waals surface area contributed by atoms with Crippen molar-refractivity contribution in [3.63, 3.8) is 0 Å². The summed E-state index contributed by atoms with van der Waals surface area (Å²) in [6.07, 6.45) is -3.82. The van der Waals surface area contributed by atoms with Crippen LogP contribution in [0, 0.1) is 0 Å². The van der Waals surface area contributed by atoms with Gasteiger partial charge in [0.1, 0.15) is 0 Å². The quantitative estimate of drug-likeness (QED) is 0.585. The van der Waals surface area contributed by atoms with E-state index in [1.165, 1.54) is 0 Å². The molecule has 0 radical (unpaired) electrons. The lowest BCUT2D eigenvalue weighted by atomic mass is 10.0. The molecule has 94 valence electrons. The lowest BCUT2D eigenvalue weighted by molar-refractivity contribution is -0.137. The van der Waals surface area contributed by atoms with Gasteiger partial charge in [-0.15, -0.1) is 11.6 Å². The van der Waals surface area contributed by atoms with E-state index in [1.54, 1.807) is 0 Å². The van der Waals surface area contributed by atoms with Crippen LogP contribution in [-0.4, -0.2) is 11.7 Å². The molecule has 1 nitrogen and oxygen atoms in total. The van der Waals surface area contributed by atoms with Gasteiger partial charge >= 0.3 is 6.18 Å². The summed E-state index contributed by atoms with van der Waals surface area (Å²) in [6, 6.07) is 2.99. The minimum absolute atomic E-state index is 0.174. The summed E-state index contributed by atoms with van der Waals surface area (Å²) in [5.41, 5.74) is -0.763. The predicted molar refractivity (Wildman–Crippen MR) is 60.7 cm³/mol. The van der Waals surface area contributed by atoms with Gasteiger partial charge in [0.05, 0.1) is 10.6 Å². The van der Waals surface area contributed by atoms with Gasteiger partial charge in [-0.25, -0.2) is 0 Å². The van der Waals surface area contributed by atoms with E-state index in [9.17, 15) is 18.0 Å². The van der Waals surface area contributed by atoms with Crippen molar-refractivity contribution in [3.8, 4) is 0 Å². The van der Waals surface area contributed by atoms with Gasteiger partial charge in [0.25, 0.3) is 0 Å². The highest BCUT2D eigenvalue weighted by molar-refractivity contribution is 6.31. The zero-order valence-corrected chi connectivity index (χ0v) is 10.2. The summed E-state index contributed by atoms with van der Waals surface area (Å²) in [6.45, 7) is 0. The van der Waals surface area contributed by atoms with Gasteiger partial charge in [0.15, 0.2) is 5.78 Å². The molecule has 0 saturated carbocycles. The van der Waals surface area contributed by atoms with Gasteiger partial charge in [-0.2, -0.15) is 13.2 Å². The molecule has 1 rings (SSSR count). The van der Waals surface area contributed by atoms with Crippen LogP contribution in [0.4, 0.5) is 13.2 Å². The maximum absolute atomic E-state index is 12.4. The van der Waals surface area contributed by atoms with E-state index in [4.69, 9.17) is 23.2 Å². The second-order valence-corrected chi connectivity index (χ2v) is 4.19. The van der Waals surface area contributed by atoms with Crippen LogP contribution in [0.3, 0.4) is 0 Å². The molecule has 0 unspecified atom stereocenters. The van der Waals surface area contributed by atoms with E-state index in [-0.39, 0.29) is 17.8 Å². The minimum atomic E-state index is -4.51. The molecule has 0 bridgehead atoms. The summed E-state index contributed by atoms with van der Waals surface area (Å²) in [5, 5.41) is -0.464. The number of rotatable bonds is 4. The zero-order valence-electron chi connectivity index (χ0n) is 8.65. The van der Waals surface area contributed by atoms with Crippen molar-refractivity contribution in [2.75, 3.05) is 5.88 Å². The van der Waals surface area contributed by atoms with Gasteiger partial charge in [0.2, 0.25) is 0 Å². The average Bonchev–Trinajstić information content (AvgIpc) is 2.23. The van der Waals surface area contributed by atoms with Crippen molar-refractivity contribution in [1.82, 2.24) is 0 Å². The molecule has 0 spiro atoms. The molecule has 6 heteroatoms. The first-order valence-electron chi connectivity index (χ1n) is 4.82. The number of Topliss-reactive ketones (excluding diaryl/α,β-unsaturated/α-hetero) is 1. The first kappa shape index (κ1) is 14.3. The van der Waals surface area contributed by atoms with E-state index in [0.29, 0.717) is 12.3 Å². The molecular formula is C11H9Cl2F3O. The second-order valence-electron chi connectivity index (χ2n) is 3.41. The fraction of sp³-hybridized carbons (Fsp3) is 0.364. The van der Waals surface area contributed by atoms with Crippen molar-refractivity contribution in [1.29, 1.82) is 0 Å². The maximum Gasteiger partial charge on any atom is 0.417 e. The van der Waals surface area contributed by atoms with E-state index in [2.05, 4.69) is 0 Å². The fourth-order valence-electron chi connectivity index (χ4n) is 1.29. The van der Waals surface area contributed by atoms with Crippen LogP contribution in [-0.2, 0) is 6.18 Å². The number of hydrogen-bond donors (Lipinski definition) is 0. The van der Waals surface area contributed by atoms with Crippen molar-refractivity contribution in [2.45, 2.75) is 19.0 Å². The topological polar surface area (TPSA) is 17.1 Å². The minimum Gasteiger partial charge on any atom is -0.294 e. The first-order valence-corrected chi connectivity index (χ1v) is 5.73. The monoisotopic (exact) mass is 284 g/mol. The number of carbonyl (C=O) groups is 1. The molecule has 1 aromatic rings. The standard InChI is InChI=1S/C11H9Cl2F3O/c12-5-1-2-10(17)7-3-4-8(9(13)6-7)11(14,15)16/h3-4,6H,1-2,5H2. The van der Waals surface area contributed by atoms with Crippen molar-refractivity contribution in [3.05, 3.63) is 34.3 Å². The van der Waals surface area contributed by atoms with E-state index >= 15 is 0 Å². The third-order valence-electron chi connectivity index (χ3n) is 2.13. The average molecular weight is 285 g/mol. The number of ketones is 1. The van der Waals surface area contributed by atoms with E-state index < -0.39 is 16.8 Å². The van der Waals surface area contributed by atoms with Crippen LogP contribution in [0.2, 0.25) is 5.02 Å². The number of alkyl halides is 4. The molecule has 0 aliphatic heterocycles. The van der Waals surface area contributed by atoms with Crippen LogP contribution in [0.1, 0.15) is 28.8 Å². The Morgan fingerprint density at radius 2 is 1.94 bits per heavy atom. The molecule has 0 heterocycles. The van der Waals surface area contributed by atoms with Gasteiger partial charge in [0, 0.05) is 17.9 Å². The number of benzene rings is 1. The Morgan fingerprint density at radius 3 is 2.41 bits per heavy atom. The third kappa shape index (κ3) is 3.89. The van der Waals surface area contributed by atoms with Gasteiger partial charge in [-0.1, -0.05) is 17.7 Å². The first-order chi connectivity index (χ1) is 7.86. The molecule has 0 N–H and O–H groups in total. The zero-order chi connectivity index (χ0) is 13.1. The molecule has 0 atom stereocenters. The highest BCUT2D eigenvalue weighted by Crippen LogP contribution is 2.35. The van der Waals surface area contributed by atoms with Crippen molar-refractivity contribution < 1.29 is 18.0 Å². The summed E-state index contributed by atoms with van der Waals surface area (Å²) < 4.78 is 37.2. The molecule has 0 aliphatic carbocycles. The molecule has 0 fully saturated rings. The Bertz CT molecular complexity index is 416. The normalized spacial score (nSPS) is 11.6. The third-order valence-corrected chi connectivity index (χ3v) is 2.71. The molecule has 17 heavy (non-hydrogen) atoms. The Balaban J connectivity index is 2.93.